The van der Waals surface area contributed by atoms with Crippen LogP contribution in [0.3, 0.4) is 0 Å². The first kappa shape index (κ1) is 13.4. The predicted molar refractivity (Wildman–Crippen MR) is 101 cm³/mol. The minimum absolute atomic E-state index is 0.944. The number of hydrogen-bond acceptors (Lipinski definition) is 1. The molecule has 1 heteroatoms. The second kappa shape index (κ2) is 4.97. The van der Waals surface area contributed by atoms with Crippen LogP contribution in [0, 0.1) is 6.92 Å². The molecule has 0 saturated heterocycles. The topological polar surface area (TPSA) is 13.1 Å². The van der Waals surface area contributed by atoms with Gasteiger partial charge in [-0.15, -0.1) is 0 Å². The minimum atomic E-state index is 0.944. The molecule has 5 aromatic rings. The maximum atomic E-state index is 6.01. The molecule has 0 atom stereocenters. The lowest BCUT2D eigenvalue weighted by atomic mass is 9.97. The van der Waals surface area contributed by atoms with Crippen LogP contribution in [-0.2, 0) is 0 Å². The van der Waals surface area contributed by atoms with Gasteiger partial charge in [-0.1, -0.05) is 60.7 Å². The van der Waals surface area contributed by atoms with Gasteiger partial charge in [0.05, 0.1) is 0 Å². The molecule has 5 rings (SSSR count). The van der Waals surface area contributed by atoms with Gasteiger partial charge in [0, 0.05) is 10.8 Å². The van der Waals surface area contributed by atoms with Crippen molar-refractivity contribution < 1.29 is 4.42 Å². The van der Waals surface area contributed by atoms with Crippen LogP contribution in [0.15, 0.2) is 83.3 Å². The van der Waals surface area contributed by atoms with E-state index in [9.17, 15) is 0 Å². The molecule has 4 aromatic carbocycles. The van der Waals surface area contributed by atoms with Crippen molar-refractivity contribution in [2.45, 2.75) is 6.92 Å². The van der Waals surface area contributed by atoms with E-state index in [2.05, 4.69) is 85.8 Å². The molecule has 0 bridgehead atoms. The zero-order chi connectivity index (χ0) is 16.1. The highest BCUT2D eigenvalue weighted by Gasteiger charge is 2.10. The smallest absolute Gasteiger partial charge is 0.135 e. The summed E-state index contributed by atoms with van der Waals surface area (Å²) in [6.07, 6.45) is 0. The van der Waals surface area contributed by atoms with Crippen molar-refractivity contribution in [3.05, 3.63) is 84.4 Å². The predicted octanol–water partition coefficient (Wildman–Crippen LogP) is 6.71. The number of rotatable bonds is 1. The molecule has 0 radical (unpaired) electrons. The van der Waals surface area contributed by atoms with E-state index in [1.807, 2.05) is 0 Å². The molecule has 0 spiro atoms. The van der Waals surface area contributed by atoms with Crippen LogP contribution >= 0.6 is 0 Å². The lowest BCUT2D eigenvalue weighted by Crippen LogP contribution is -1.81. The van der Waals surface area contributed by atoms with Gasteiger partial charge in [-0.2, -0.15) is 0 Å². The van der Waals surface area contributed by atoms with E-state index in [4.69, 9.17) is 4.42 Å². The second-order valence-electron chi connectivity index (χ2n) is 6.34. The summed E-state index contributed by atoms with van der Waals surface area (Å²) in [5, 5.41) is 4.90. The summed E-state index contributed by atoms with van der Waals surface area (Å²) < 4.78 is 6.01. The first-order chi connectivity index (χ1) is 11.8. The van der Waals surface area contributed by atoms with Gasteiger partial charge in [0.15, 0.2) is 0 Å². The highest BCUT2D eigenvalue weighted by atomic mass is 16.3. The third kappa shape index (κ3) is 1.95. The van der Waals surface area contributed by atoms with Crippen molar-refractivity contribution in [2.24, 2.45) is 0 Å². The van der Waals surface area contributed by atoms with Gasteiger partial charge in [0.1, 0.15) is 11.2 Å². The Morgan fingerprint density at radius 1 is 0.625 bits per heavy atom. The molecule has 0 N–H and O–H groups in total. The van der Waals surface area contributed by atoms with Crippen LogP contribution in [0.25, 0.3) is 43.8 Å². The second-order valence-corrected chi connectivity index (χ2v) is 6.34. The Morgan fingerprint density at radius 2 is 1.50 bits per heavy atom. The largest absolute Gasteiger partial charge is 0.456 e. The number of aryl methyl sites for hydroxylation is 1. The van der Waals surface area contributed by atoms with Crippen LogP contribution in [0.2, 0.25) is 0 Å². The minimum Gasteiger partial charge on any atom is -0.456 e. The lowest BCUT2D eigenvalue weighted by molar-refractivity contribution is 0.668. The summed E-state index contributed by atoms with van der Waals surface area (Å²) in [7, 11) is 0. The van der Waals surface area contributed by atoms with Crippen molar-refractivity contribution in [3.63, 3.8) is 0 Å². The molecule has 0 unspecified atom stereocenters. The summed E-state index contributed by atoms with van der Waals surface area (Å²) in [5.74, 6) is 0. The highest BCUT2D eigenvalue weighted by Crippen LogP contribution is 2.35. The van der Waals surface area contributed by atoms with E-state index in [0.29, 0.717) is 0 Å². The Hall–Kier alpha value is -3.06. The standard InChI is InChI=1S/C23H16O/c1-15-9-11-20-21-14-17(10-12-22(21)24-23(20)13-15)19-8-4-6-16-5-2-3-7-18(16)19/h2-14H,1H3. The fraction of sp³-hybridized carbons (Fsp3) is 0.0435. The van der Waals surface area contributed by atoms with Gasteiger partial charge in [0.2, 0.25) is 0 Å². The third-order valence-corrected chi connectivity index (χ3v) is 4.73. The quantitative estimate of drug-likeness (QED) is 0.335. The number of furan rings is 1. The summed E-state index contributed by atoms with van der Waals surface area (Å²) in [5.41, 5.74) is 5.61. The zero-order valence-corrected chi connectivity index (χ0v) is 13.4. The Morgan fingerprint density at radius 3 is 2.46 bits per heavy atom. The maximum absolute atomic E-state index is 6.01. The molecule has 1 aromatic heterocycles. The van der Waals surface area contributed by atoms with Gasteiger partial charge in [-0.25, -0.2) is 0 Å². The Bertz CT molecular complexity index is 1210. The van der Waals surface area contributed by atoms with Gasteiger partial charge >= 0.3 is 0 Å². The Labute approximate surface area is 140 Å². The molecule has 1 nitrogen and oxygen atoms in total. The molecule has 0 aliphatic rings. The normalized spacial score (nSPS) is 11.5. The third-order valence-electron chi connectivity index (χ3n) is 4.73. The van der Waals surface area contributed by atoms with Crippen molar-refractivity contribution in [3.8, 4) is 11.1 Å². The van der Waals surface area contributed by atoms with E-state index < -0.39 is 0 Å². The van der Waals surface area contributed by atoms with Crippen molar-refractivity contribution in [1.82, 2.24) is 0 Å². The summed E-state index contributed by atoms with van der Waals surface area (Å²) in [6.45, 7) is 2.09. The van der Waals surface area contributed by atoms with E-state index in [1.54, 1.807) is 0 Å². The summed E-state index contributed by atoms with van der Waals surface area (Å²) in [6, 6.07) is 27.9. The molecule has 114 valence electrons. The van der Waals surface area contributed by atoms with Gasteiger partial charge in [-0.05, 0) is 52.6 Å². The molecular formula is C23H16O. The van der Waals surface area contributed by atoms with Crippen molar-refractivity contribution in [2.75, 3.05) is 0 Å². The number of benzene rings is 4. The Kier molecular flexibility index (Phi) is 2.77. The van der Waals surface area contributed by atoms with E-state index in [-0.39, 0.29) is 0 Å². The summed E-state index contributed by atoms with van der Waals surface area (Å²) >= 11 is 0. The van der Waals surface area contributed by atoms with Crippen LogP contribution in [0.5, 0.6) is 0 Å². The molecule has 0 saturated carbocycles. The monoisotopic (exact) mass is 308 g/mol. The first-order valence-corrected chi connectivity index (χ1v) is 8.21. The van der Waals surface area contributed by atoms with E-state index >= 15 is 0 Å². The molecule has 1 heterocycles. The van der Waals surface area contributed by atoms with Crippen LogP contribution in [-0.4, -0.2) is 0 Å². The number of fused-ring (bicyclic) bond motifs is 4. The van der Waals surface area contributed by atoms with Gasteiger partial charge in [-0.3, -0.25) is 0 Å². The van der Waals surface area contributed by atoms with Gasteiger partial charge in [0.25, 0.3) is 0 Å². The van der Waals surface area contributed by atoms with Crippen LogP contribution in [0.4, 0.5) is 0 Å². The molecule has 0 amide bonds. The lowest BCUT2D eigenvalue weighted by Gasteiger charge is -2.07. The molecule has 24 heavy (non-hydrogen) atoms. The SMILES string of the molecule is Cc1ccc2c(c1)oc1ccc(-c3cccc4ccccc34)cc12. The number of hydrogen-bond donors (Lipinski definition) is 0. The van der Waals surface area contributed by atoms with Crippen LogP contribution < -0.4 is 0 Å². The zero-order valence-electron chi connectivity index (χ0n) is 13.4. The van der Waals surface area contributed by atoms with Crippen LogP contribution in [0.1, 0.15) is 5.56 Å². The fourth-order valence-electron chi connectivity index (χ4n) is 3.53. The van der Waals surface area contributed by atoms with Crippen molar-refractivity contribution >= 4 is 32.7 Å². The fourth-order valence-corrected chi connectivity index (χ4v) is 3.53. The first-order valence-electron chi connectivity index (χ1n) is 8.21. The molecule has 0 aliphatic heterocycles. The van der Waals surface area contributed by atoms with Gasteiger partial charge < -0.3 is 4.42 Å². The maximum Gasteiger partial charge on any atom is 0.135 e. The molecule has 0 aliphatic carbocycles. The molecular weight excluding hydrogens is 292 g/mol. The highest BCUT2D eigenvalue weighted by molar-refractivity contribution is 6.07. The molecule has 0 fully saturated rings. The van der Waals surface area contributed by atoms with E-state index in [0.717, 1.165) is 11.2 Å². The van der Waals surface area contributed by atoms with E-state index in [1.165, 1.54) is 38.2 Å². The Balaban J connectivity index is 1.82. The average Bonchev–Trinajstić information content (AvgIpc) is 2.97. The average molecular weight is 308 g/mol. The summed E-state index contributed by atoms with van der Waals surface area (Å²) in [4.78, 5) is 0. The van der Waals surface area contributed by atoms with Crippen molar-refractivity contribution in [1.29, 1.82) is 0 Å².